The fraction of sp³-hybridized carbons (Fsp3) is 0.167. The Morgan fingerprint density at radius 3 is 2.96 bits per heavy atom. The lowest BCUT2D eigenvalue weighted by atomic mass is 10.2. The first kappa shape index (κ1) is 12.6. The lowest BCUT2D eigenvalue weighted by Gasteiger charge is -2.19. The molecule has 1 aliphatic heterocycles. The first-order valence-electron chi connectivity index (χ1n) is 7.77. The van der Waals surface area contributed by atoms with E-state index in [4.69, 9.17) is 4.98 Å². The summed E-state index contributed by atoms with van der Waals surface area (Å²) in [5, 5.41) is 8.44. The standard InChI is InChI=1S/C18H15N5/c1-12-6-7-14-16(10-12)23-11-19-21-18(23)17(20-14)22-9-8-13-4-2-3-5-15(13)22/h2-7,10-11H,8-9H2,1H3. The van der Waals surface area contributed by atoms with Crippen LogP contribution in [0, 0.1) is 6.92 Å². The van der Waals surface area contributed by atoms with Crippen molar-refractivity contribution in [2.75, 3.05) is 11.4 Å². The van der Waals surface area contributed by atoms with Crippen molar-refractivity contribution >= 4 is 28.2 Å². The number of hydrogen-bond acceptors (Lipinski definition) is 4. The molecule has 0 amide bonds. The molecule has 0 saturated heterocycles. The molecular weight excluding hydrogens is 286 g/mol. The predicted octanol–water partition coefficient (Wildman–Crippen LogP) is 3.28. The Balaban J connectivity index is 1.82. The summed E-state index contributed by atoms with van der Waals surface area (Å²) in [7, 11) is 0. The van der Waals surface area contributed by atoms with E-state index in [1.807, 2.05) is 4.40 Å². The van der Waals surface area contributed by atoms with Crippen molar-refractivity contribution in [3.8, 4) is 0 Å². The highest BCUT2D eigenvalue weighted by molar-refractivity contribution is 5.86. The minimum Gasteiger partial charge on any atom is -0.323 e. The quantitative estimate of drug-likeness (QED) is 0.541. The Morgan fingerprint density at radius 2 is 2.00 bits per heavy atom. The average molecular weight is 301 g/mol. The third-order valence-electron chi connectivity index (χ3n) is 4.51. The van der Waals surface area contributed by atoms with Crippen LogP contribution < -0.4 is 4.90 Å². The molecule has 0 N–H and O–H groups in total. The molecule has 2 aromatic carbocycles. The van der Waals surface area contributed by atoms with Gasteiger partial charge in [0.05, 0.1) is 11.0 Å². The van der Waals surface area contributed by atoms with Gasteiger partial charge in [0.1, 0.15) is 6.33 Å². The minimum absolute atomic E-state index is 0.805. The van der Waals surface area contributed by atoms with Crippen molar-refractivity contribution in [2.45, 2.75) is 13.3 Å². The topological polar surface area (TPSA) is 46.3 Å². The van der Waals surface area contributed by atoms with Crippen LogP contribution in [0.3, 0.4) is 0 Å². The van der Waals surface area contributed by atoms with E-state index in [-0.39, 0.29) is 0 Å². The SMILES string of the molecule is Cc1ccc2nc(N3CCc4ccccc43)c3nncn3c2c1. The van der Waals surface area contributed by atoms with E-state index in [2.05, 4.69) is 64.5 Å². The minimum atomic E-state index is 0.805. The second-order valence-electron chi connectivity index (χ2n) is 5.98. The Kier molecular flexibility index (Phi) is 2.47. The van der Waals surface area contributed by atoms with Gasteiger partial charge in [-0.2, -0.15) is 0 Å². The summed E-state index contributed by atoms with van der Waals surface area (Å²) in [6.07, 6.45) is 2.80. The fourth-order valence-electron chi connectivity index (χ4n) is 3.39. The van der Waals surface area contributed by atoms with Gasteiger partial charge in [0.2, 0.25) is 5.65 Å². The normalized spacial score (nSPS) is 13.9. The Morgan fingerprint density at radius 1 is 1.09 bits per heavy atom. The van der Waals surface area contributed by atoms with Crippen LogP contribution in [0.15, 0.2) is 48.8 Å². The van der Waals surface area contributed by atoms with Gasteiger partial charge >= 0.3 is 0 Å². The molecule has 3 heterocycles. The molecule has 23 heavy (non-hydrogen) atoms. The molecule has 0 fully saturated rings. The molecule has 1 aliphatic rings. The zero-order valence-corrected chi connectivity index (χ0v) is 12.8. The van der Waals surface area contributed by atoms with Crippen molar-refractivity contribution in [2.24, 2.45) is 0 Å². The van der Waals surface area contributed by atoms with Crippen LogP contribution in [0.25, 0.3) is 16.7 Å². The van der Waals surface area contributed by atoms with Gasteiger partial charge in [-0.25, -0.2) is 4.98 Å². The van der Waals surface area contributed by atoms with Crippen molar-refractivity contribution in [1.82, 2.24) is 19.6 Å². The first-order valence-corrected chi connectivity index (χ1v) is 7.77. The molecule has 0 aliphatic carbocycles. The van der Waals surface area contributed by atoms with Gasteiger partial charge in [0.25, 0.3) is 0 Å². The number of rotatable bonds is 1. The maximum atomic E-state index is 4.90. The van der Waals surface area contributed by atoms with Gasteiger partial charge in [-0.05, 0) is 42.7 Å². The number of nitrogens with zero attached hydrogens (tertiary/aromatic N) is 5. The van der Waals surface area contributed by atoms with Crippen molar-refractivity contribution < 1.29 is 0 Å². The predicted molar refractivity (Wildman–Crippen MR) is 90.2 cm³/mol. The summed E-state index contributed by atoms with van der Waals surface area (Å²) < 4.78 is 2.03. The van der Waals surface area contributed by atoms with Crippen LogP contribution in [-0.4, -0.2) is 26.1 Å². The highest BCUT2D eigenvalue weighted by Crippen LogP contribution is 2.35. The number of aromatic nitrogens is 4. The molecule has 5 nitrogen and oxygen atoms in total. The number of anilines is 2. The largest absolute Gasteiger partial charge is 0.323 e. The molecule has 0 radical (unpaired) electrons. The molecule has 0 unspecified atom stereocenters. The molecule has 5 heteroatoms. The summed E-state index contributed by atoms with van der Waals surface area (Å²) in [5.74, 6) is 0.879. The van der Waals surface area contributed by atoms with Crippen LogP contribution in [0.1, 0.15) is 11.1 Å². The van der Waals surface area contributed by atoms with Crippen molar-refractivity contribution in [3.05, 3.63) is 59.9 Å². The van der Waals surface area contributed by atoms with Gasteiger partial charge in [0.15, 0.2) is 5.82 Å². The zero-order valence-electron chi connectivity index (χ0n) is 12.8. The lowest BCUT2D eigenvalue weighted by Crippen LogP contribution is -2.16. The van der Waals surface area contributed by atoms with Crippen molar-refractivity contribution in [3.63, 3.8) is 0 Å². The van der Waals surface area contributed by atoms with Gasteiger partial charge in [0, 0.05) is 12.2 Å². The fourth-order valence-corrected chi connectivity index (χ4v) is 3.39. The summed E-state index contributed by atoms with van der Waals surface area (Å²) in [5.41, 5.74) is 6.59. The third-order valence-corrected chi connectivity index (χ3v) is 4.51. The molecule has 2 aromatic heterocycles. The summed E-state index contributed by atoms with van der Waals surface area (Å²) >= 11 is 0. The number of hydrogen-bond donors (Lipinski definition) is 0. The summed E-state index contributed by atoms with van der Waals surface area (Å²) in [6.45, 7) is 3.01. The molecule has 112 valence electrons. The molecular formula is C18H15N5. The van der Waals surface area contributed by atoms with Gasteiger partial charge in [-0.3, -0.25) is 4.40 Å². The number of aryl methyl sites for hydroxylation is 1. The third kappa shape index (κ3) is 1.76. The summed E-state index contributed by atoms with van der Waals surface area (Å²) in [6, 6.07) is 14.8. The summed E-state index contributed by atoms with van der Waals surface area (Å²) in [4.78, 5) is 7.15. The second kappa shape index (κ2) is 4.52. The van der Waals surface area contributed by atoms with Gasteiger partial charge < -0.3 is 4.90 Å². The van der Waals surface area contributed by atoms with E-state index in [0.717, 1.165) is 35.5 Å². The van der Waals surface area contributed by atoms with E-state index in [1.54, 1.807) is 6.33 Å². The number of benzene rings is 2. The molecule has 0 atom stereocenters. The van der Waals surface area contributed by atoms with E-state index >= 15 is 0 Å². The van der Waals surface area contributed by atoms with E-state index in [0.29, 0.717) is 0 Å². The van der Waals surface area contributed by atoms with Crippen molar-refractivity contribution in [1.29, 1.82) is 0 Å². The maximum Gasteiger partial charge on any atom is 0.204 e. The molecule has 0 spiro atoms. The van der Waals surface area contributed by atoms with E-state index < -0.39 is 0 Å². The monoisotopic (exact) mass is 301 g/mol. The van der Waals surface area contributed by atoms with Gasteiger partial charge in [-0.15, -0.1) is 10.2 Å². The van der Waals surface area contributed by atoms with E-state index in [1.165, 1.54) is 16.8 Å². The van der Waals surface area contributed by atoms with Crippen LogP contribution in [0.5, 0.6) is 0 Å². The number of fused-ring (bicyclic) bond motifs is 4. The lowest BCUT2D eigenvalue weighted by molar-refractivity contribution is 0.973. The molecule has 0 bridgehead atoms. The first-order chi connectivity index (χ1) is 11.3. The number of para-hydroxylation sites is 1. The van der Waals surface area contributed by atoms with Crippen LogP contribution in [-0.2, 0) is 6.42 Å². The highest BCUT2D eigenvalue weighted by atomic mass is 15.3. The van der Waals surface area contributed by atoms with Crippen LogP contribution >= 0.6 is 0 Å². The molecule has 5 rings (SSSR count). The Labute approximate surface area is 133 Å². The molecule has 0 saturated carbocycles. The van der Waals surface area contributed by atoms with Crippen LogP contribution in [0.4, 0.5) is 11.5 Å². The highest BCUT2D eigenvalue weighted by Gasteiger charge is 2.24. The van der Waals surface area contributed by atoms with Gasteiger partial charge in [-0.1, -0.05) is 24.3 Å². The van der Waals surface area contributed by atoms with E-state index in [9.17, 15) is 0 Å². The zero-order chi connectivity index (χ0) is 15.4. The maximum absolute atomic E-state index is 4.90. The van der Waals surface area contributed by atoms with Crippen LogP contribution in [0.2, 0.25) is 0 Å². The smallest absolute Gasteiger partial charge is 0.204 e. The average Bonchev–Trinajstić information content (AvgIpc) is 3.21. The molecule has 4 aromatic rings. The Bertz CT molecular complexity index is 1050. The second-order valence-corrected chi connectivity index (χ2v) is 5.98. The Hall–Kier alpha value is -2.95.